The number of H-pyrrole nitrogens is 1. The highest BCUT2D eigenvalue weighted by atomic mass is 19.1. The summed E-state index contributed by atoms with van der Waals surface area (Å²) in [4.78, 5) is 20.8. The molecule has 0 saturated carbocycles. The summed E-state index contributed by atoms with van der Waals surface area (Å²) in [6.45, 7) is 3.11. The van der Waals surface area contributed by atoms with E-state index in [0.717, 1.165) is 22.2 Å². The van der Waals surface area contributed by atoms with Crippen LogP contribution in [0, 0.1) is 5.95 Å². The van der Waals surface area contributed by atoms with E-state index in [4.69, 9.17) is 4.74 Å². The number of nitrogens with one attached hydrogen (secondary N) is 1. The lowest BCUT2D eigenvalue weighted by Crippen LogP contribution is -2.41. The van der Waals surface area contributed by atoms with Crippen LogP contribution < -0.4 is 4.90 Å². The first-order valence-electron chi connectivity index (χ1n) is 8.32. The van der Waals surface area contributed by atoms with Gasteiger partial charge < -0.3 is 14.6 Å². The van der Waals surface area contributed by atoms with Crippen molar-refractivity contribution in [2.45, 2.75) is 13.3 Å². The first kappa shape index (κ1) is 15.8. The van der Waals surface area contributed by atoms with E-state index in [1.165, 1.54) is 0 Å². The van der Waals surface area contributed by atoms with Gasteiger partial charge in [0.1, 0.15) is 12.3 Å². The fraction of sp³-hybridized carbons (Fsp3) is 0.263. The largest absolute Gasteiger partial charge is 0.370 e. The molecule has 1 fully saturated rings. The number of amides is 1. The van der Waals surface area contributed by atoms with Crippen LogP contribution >= 0.6 is 0 Å². The summed E-state index contributed by atoms with van der Waals surface area (Å²) >= 11 is 0. The van der Waals surface area contributed by atoms with Gasteiger partial charge in [0.05, 0.1) is 6.61 Å². The SMILES string of the molecule is CCc1c(F)[nH]c2ncc(-c3cccc(N4CCOCC4=O)c3)cc12. The number of hydrogen-bond donors (Lipinski definition) is 1. The summed E-state index contributed by atoms with van der Waals surface area (Å²) in [5, 5.41) is 0.797. The maximum absolute atomic E-state index is 13.9. The lowest BCUT2D eigenvalue weighted by atomic mass is 10.0. The van der Waals surface area contributed by atoms with E-state index < -0.39 is 0 Å². The first-order valence-corrected chi connectivity index (χ1v) is 8.32. The molecule has 3 aromatic rings. The van der Waals surface area contributed by atoms with E-state index in [9.17, 15) is 9.18 Å². The highest BCUT2D eigenvalue weighted by Crippen LogP contribution is 2.29. The van der Waals surface area contributed by atoms with Crippen molar-refractivity contribution in [2.24, 2.45) is 0 Å². The van der Waals surface area contributed by atoms with Crippen LogP contribution in [0.4, 0.5) is 10.1 Å². The molecule has 1 saturated heterocycles. The number of carbonyl (C=O) groups excluding carboxylic acids is 1. The Morgan fingerprint density at radius 1 is 1.32 bits per heavy atom. The molecular formula is C19H18FN3O2. The third kappa shape index (κ3) is 2.78. The number of hydrogen-bond acceptors (Lipinski definition) is 3. The number of nitrogens with zero attached hydrogens (tertiary/aromatic N) is 2. The van der Waals surface area contributed by atoms with E-state index in [1.807, 2.05) is 37.3 Å². The number of aromatic amines is 1. The third-order valence-electron chi connectivity index (χ3n) is 4.54. The van der Waals surface area contributed by atoms with Gasteiger partial charge in [0.2, 0.25) is 0 Å². The number of carbonyl (C=O) groups is 1. The van der Waals surface area contributed by atoms with Crippen molar-refractivity contribution in [2.75, 3.05) is 24.7 Å². The van der Waals surface area contributed by atoms with Crippen LogP contribution in [0.15, 0.2) is 36.5 Å². The van der Waals surface area contributed by atoms with Gasteiger partial charge in [-0.1, -0.05) is 19.1 Å². The molecule has 0 spiro atoms. The van der Waals surface area contributed by atoms with Crippen LogP contribution in [0.1, 0.15) is 12.5 Å². The summed E-state index contributed by atoms with van der Waals surface area (Å²) in [6.07, 6.45) is 2.32. The molecule has 6 heteroatoms. The Hall–Kier alpha value is -2.73. The molecule has 1 amide bonds. The Morgan fingerprint density at radius 2 is 2.20 bits per heavy atom. The summed E-state index contributed by atoms with van der Waals surface area (Å²) < 4.78 is 19.1. The molecule has 2 aromatic heterocycles. The molecule has 1 aliphatic heterocycles. The van der Waals surface area contributed by atoms with Gasteiger partial charge in [-0.05, 0) is 30.2 Å². The maximum Gasteiger partial charge on any atom is 0.253 e. The molecule has 25 heavy (non-hydrogen) atoms. The third-order valence-corrected chi connectivity index (χ3v) is 4.54. The summed E-state index contributed by atoms with van der Waals surface area (Å²) in [6, 6.07) is 9.69. The number of benzene rings is 1. The molecule has 1 aromatic carbocycles. The van der Waals surface area contributed by atoms with Gasteiger partial charge >= 0.3 is 0 Å². The van der Waals surface area contributed by atoms with Crippen molar-refractivity contribution >= 4 is 22.6 Å². The lowest BCUT2D eigenvalue weighted by Gasteiger charge is -2.27. The number of morpholine rings is 1. The Morgan fingerprint density at radius 3 is 3.00 bits per heavy atom. The predicted molar refractivity (Wildman–Crippen MR) is 94.0 cm³/mol. The van der Waals surface area contributed by atoms with Crippen LogP contribution in [0.2, 0.25) is 0 Å². The minimum Gasteiger partial charge on any atom is -0.370 e. The Labute approximate surface area is 144 Å². The van der Waals surface area contributed by atoms with Crippen LogP contribution in [0.5, 0.6) is 0 Å². The van der Waals surface area contributed by atoms with E-state index in [0.29, 0.717) is 30.8 Å². The van der Waals surface area contributed by atoms with Crippen LogP contribution in [-0.4, -0.2) is 35.6 Å². The highest BCUT2D eigenvalue weighted by Gasteiger charge is 2.20. The van der Waals surface area contributed by atoms with Crippen LogP contribution in [0.25, 0.3) is 22.2 Å². The average molecular weight is 339 g/mol. The molecule has 1 N–H and O–H groups in total. The molecule has 1 aliphatic rings. The van der Waals surface area contributed by atoms with Crippen molar-refractivity contribution in [1.29, 1.82) is 0 Å². The van der Waals surface area contributed by atoms with E-state index in [-0.39, 0.29) is 18.5 Å². The number of anilines is 1. The zero-order chi connectivity index (χ0) is 17.4. The second kappa shape index (κ2) is 6.29. The van der Waals surface area contributed by atoms with Crippen molar-refractivity contribution in [3.63, 3.8) is 0 Å². The number of pyridine rings is 1. The lowest BCUT2D eigenvalue weighted by molar-refractivity contribution is -0.125. The van der Waals surface area contributed by atoms with Gasteiger partial charge in [0, 0.05) is 34.9 Å². The van der Waals surface area contributed by atoms with Gasteiger partial charge in [-0.15, -0.1) is 0 Å². The normalized spacial score (nSPS) is 15.1. The van der Waals surface area contributed by atoms with Crippen molar-refractivity contribution in [1.82, 2.24) is 9.97 Å². The number of fused-ring (bicyclic) bond motifs is 1. The number of aromatic nitrogens is 2. The van der Waals surface area contributed by atoms with Crippen molar-refractivity contribution in [3.8, 4) is 11.1 Å². The molecule has 0 unspecified atom stereocenters. The maximum atomic E-state index is 13.9. The van der Waals surface area contributed by atoms with E-state index in [1.54, 1.807) is 11.1 Å². The molecule has 0 aliphatic carbocycles. The number of rotatable bonds is 3. The zero-order valence-corrected chi connectivity index (χ0v) is 13.9. The van der Waals surface area contributed by atoms with Gasteiger partial charge in [-0.2, -0.15) is 4.39 Å². The fourth-order valence-corrected chi connectivity index (χ4v) is 3.24. The van der Waals surface area contributed by atoms with E-state index >= 15 is 0 Å². The molecule has 0 radical (unpaired) electrons. The smallest absolute Gasteiger partial charge is 0.253 e. The molecule has 0 atom stereocenters. The number of halogens is 1. The fourth-order valence-electron chi connectivity index (χ4n) is 3.24. The molecular weight excluding hydrogens is 321 g/mol. The number of aryl methyl sites for hydroxylation is 1. The van der Waals surface area contributed by atoms with Crippen LogP contribution in [-0.2, 0) is 16.0 Å². The van der Waals surface area contributed by atoms with Gasteiger partial charge in [0.25, 0.3) is 5.91 Å². The zero-order valence-electron chi connectivity index (χ0n) is 13.9. The second-order valence-corrected chi connectivity index (χ2v) is 6.04. The molecule has 128 valence electrons. The van der Waals surface area contributed by atoms with E-state index in [2.05, 4.69) is 9.97 Å². The summed E-state index contributed by atoms with van der Waals surface area (Å²) in [7, 11) is 0. The number of ether oxygens (including phenoxy) is 1. The van der Waals surface area contributed by atoms with Crippen LogP contribution in [0.3, 0.4) is 0 Å². The summed E-state index contributed by atoms with van der Waals surface area (Å²) in [5.41, 5.74) is 3.86. The standard InChI is InChI=1S/C19H18FN3O2/c1-2-15-16-9-13(10-21-19(16)22-18(15)20)12-4-3-5-14(8-12)23-6-7-25-11-17(23)24/h3-5,8-10H,2,6-7,11H2,1H3,(H,21,22). The van der Waals surface area contributed by atoms with Crippen molar-refractivity contribution in [3.05, 3.63) is 48.0 Å². The minimum atomic E-state index is -0.324. The molecule has 4 rings (SSSR count). The Kier molecular flexibility index (Phi) is 3.97. The topological polar surface area (TPSA) is 58.2 Å². The Balaban J connectivity index is 1.75. The van der Waals surface area contributed by atoms with Crippen molar-refractivity contribution < 1.29 is 13.9 Å². The second-order valence-electron chi connectivity index (χ2n) is 6.04. The average Bonchev–Trinajstić information content (AvgIpc) is 2.96. The summed E-state index contributed by atoms with van der Waals surface area (Å²) in [5.74, 6) is -0.368. The quantitative estimate of drug-likeness (QED) is 0.796. The molecule has 0 bridgehead atoms. The minimum absolute atomic E-state index is 0.0436. The van der Waals surface area contributed by atoms with Gasteiger partial charge in [0.15, 0.2) is 5.95 Å². The van der Waals surface area contributed by atoms with Gasteiger partial charge in [-0.25, -0.2) is 4.98 Å². The monoisotopic (exact) mass is 339 g/mol. The predicted octanol–water partition coefficient (Wildman–Crippen LogP) is 3.29. The Bertz CT molecular complexity index is 951. The molecule has 3 heterocycles. The highest BCUT2D eigenvalue weighted by molar-refractivity contribution is 5.95. The first-order chi connectivity index (χ1) is 12.2. The van der Waals surface area contributed by atoms with Gasteiger partial charge in [-0.3, -0.25) is 4.79 Å². The molecule has 5 nitrogen and oxygen atoms in total.